The number of nitrogens with zero attached hydrogens (tertiary/aromatic N) is 1. The van der Waals surface area contributed by atoms with Gasteiger partial charge in [0.25, 0.3) is 0 Å². The molecule has 8 nitrogen and oxygen atoms in total. The number of hydrogen-bond donors (Lipinski definition) is 0. The first-order chi connectivity index (χ1) is 13.7. The summed E-state index contributed by atoms with van der Waals surface area (Å²) >= 11 is 1.33. The van der Waals surface area contributed by atoms with Crippen LogP contribution in [-0.4, -0.2) is 61.0 Å². The molecule has 1 saturated heterocycles. The third-order valence-corrected chi connectivity index (χ3v) is 5.31. The van der Waals surface area contributed by atoms with Gasteiger partial charge >= 0.3 is 17.9 Å². The molecule has 2 rings (SSSR count). The van der Waals surface area contributed by atoms with Gasteiger partial charge in [-0.05, 0) is 25.8 Å². The Morgan fingerprint density at radius 2 is 1.62 bits per heavy atom. The highest BCUT2D eigenvalue weighted by Crippen LogP contribution is 2.37. The number of aryl methyl sites for hydroxylation is 1. The number of benzene rings is 1. The molecule has 0 bridgehead atoms. The molecule has 1 aromatic rings. The van der Waals surface area contributed by atoms with Crippen molar-refractivity contribution >= 4 is 36.4 Å². The molecule has 0 radical (unpaired) electrons. The Balaban J connectivity index is 2.35. The lowest BCUT2D eigenvalue weighted by atomic mass is 9.97. The molecule has 1 aromatic carbocycles. The predicted octanol–water partition coefficient (Wildman–Crippen LogP) is 2.31. The number of esters is 3. The van der Waals surface area contributed by atoms with E-state index in [1.807, 2.05) is 31.2 Å². The third-order valence-electron chi connectivity index (χ3n) is 4.16. The van der Waals surface area contributed by atoms with Crippen molar-refractivity contribution in [2.75, 3.05) is 6.61 Å². The highest BCUT2D eigenvalue weighted by molar-refractivity contribution is 7.99. The molecule has 1 fully saturated rings. The topological polar surface area (TPSA) is 100 Å². The van der Waals surface area contributed by atoms with E-state index in [1.54, 1.807) is 0 Å². The summed E-state index contributed by atoms with van der Waals surface area (Å²) in [6, 6.07) is 6.95. The average molecular weight is 423 g/mol. The van der Waals surface area contributed by atoms with Gasteiger partial charge in [0.15, 0.2) is 12.2 Å². The minimum atomic E-state index is -0.927. The second kappa shape index (κ2) is 10.4. The second-order valence-corrected chi connectivity index (χ2v) is 7.77. The third kappa shape index (κ3) is 6.57. The fraction of sp³-hybridized carbons (Fsp3) is 0.500. The van der Waals surface area contributed by atoms with E-state index in [2.05, 4.69) is 11.7 Å². The Bertz CT molecular complexity index is 752. The Morgan fingerprint density at radius 3 is 2.14 bits per heavy atom. The van der Waals surface area contributed by atoms with Gasteiger partial charge in [-0.1, -0.05) is 29.5 Å². The number of carbonyl (C=O) groups excluding carboxylic acids is 3. The average Bonchev–Trinajstić information content (AvgIpc) is 2.63. The van der Waals surface area contributed by atoms with E-state index in [1.165, 1.54) is 32.5 Å². The normalized spacial score (nSPS) is 26.3. The monoisotopic (exact) mass is 423 g/mol. The van der Waals surface area contributed by atoms with Gasteiger partial charge in [-0.2, -0.15) is 0 Å². The van der Waals surface area contributed by atoms with Crippen LogP contribution in [0.4, 0.5) is 0 Å². The van der Waals surface area contributed by atoms with Gasteiger partial charge in [0, 0.05) is 25.7 Å². The van der Waals surface area contributed by atoms with Crippen molar-refractivity contribution in [2.24, 2.45) is 4.99 Å². The molecule has 0 spiro atoms. The van der Waals surface area contributed by atoms with Crippen LogP contribution in [0.1, 0.15) is 26.3 Å². The molecule has 158 valence electrons. The van der Waals surface area contributed by atoms with E-state index < -0.39 is 47.7 Å². The second-order valence-electron chi connectivity index (χ2n) is 6.60. The molecule has 0 amide bonds. The van der Waals surface area contributed by atoms with Gasteiger partial charge < -0.3 is 18.9 Å². The van der Waals surface area contributed by atoms with Gasteiger partial charge in [0.1, 0.15) is 24.2 Å². The van der Waals surface area contributed by atoms with Gasteiger partial charge in [0.2, 0.25) is 0 Å². The van der Waals surface area contributed by atoms with Crippen molar-refractivity contribution in [3.63, 3.8) is 0 Å². The maximum atomic E-state index is 11.7. The summed E-state index contributed by atoms with van der Waals surface area (Å²) in [5, 5.41) is 0. The van der Waals surface area contributed by atoms with E-state index in [9.17, 15) is 14.4 Å². The number of hydrogen-bond acceptors (Lipinski definition) is 9. The van der Waals surface area contributed by atoms with E-state index in [4.69, 9.17) is 18.9 Å². The molecule has 1 heterocycles. The number of carbonyl (C=O) groups is 3. The molecule has 0 N–H and O–H groups in total. The van der Waals surface area contributed by atoms with Crippen LogP contribution in [0.2, 0.25) is 0 Å². The molecule has 3 unspecified atom stereocenters. The van der Waals surface area contributed by atoms with Crippen LogP contribution in [0.15, 0.2) is 34.2 Å². The van der Waals surface area contributed by atoms with Crippen molar-refractivity contribution in [3.05, 3.63) is 29.8 Å². The van der Waals surface area contributed by atoms with E-state index in [-0.39, 0.29) is 6.61 Å². The smallest absolute Gasteiger partial charge is 0.303 e. The fourth-order valence-corrected chi connectivity index (χ4v) is 4.05. The van der Waals surface area contributed by atoms with Crippen LogP contribution >= 0.6 is 11.8 Å². The fourth-order valence-electron chi connectivity index (χ4n) is 2.94. The van der Waals surface area contributed by atoms with Crippen LogP contribution in [0.25, 0.3) is 0 Å². The first-order valence-corrected chi connectivity index (χ1v) is 9.91. The largest absolute Gasteiger partial charge is 0.463 e. The zero-order valence-electron chi connectivity index (χ0n) is 16.8. The van der Waals surface area contributed by atoms with Crippen LogP contribution in [0.3, 0.4) is 0 Å². The summed E-state index contributed by atoms with van der Waals surface area (Å²) in [6.07, 6.45) is -2.58. The van der Waals surface area contributed by atoms with E-state index >= 15 is 0 Å². The zero-order chi connectivity index (χ0) is 21.6. The lowest BCUT2D eigenvalue weighted by molar-refractivity contribution is -0.200. The summed E-state index contributed by atoms with van der Waals surface area (Å²) < 4.78 is 22.0. The first-order valence-electron chi connectivity index (χ1n) is 9.03. The quantitative estimate of drug-likeness (QED) is 0.374. The van der Waals surface area contributed by atoms with E-state index in [0.29, 0.717) is 0 Å². The van der Waals surface area contributed by atoms with Gasteiger partial charge in [-0.3, -0.25) is 19.4 Å². The minimum Gasteiger partial charge on any atom is -0.463 e. The Labute approximate surface area is 173 Å². The molecule has 1 aliphatic heterocycles. The highest BCUT2D eigenvalue weighted by atomic mass is 32.2. The molecule has 9 heteroatoms. The van der Waals surface area contributed by atoms with Crippen molar-refractivity contribution in [2.45, 2.75) is 62.4 Å². The Hall–Kier alpha value is -2.39. The van der Waals surface area contributed by atoms with E-state index in [0.717, 1.165) is 10.5 Å². The van der Waals surface area contributed by atoms with Crippen LogP contribution in [-0.2, 0) is 33.3 Å². The lowest BCUT2D eigenvalue weighted by Gasteiger charge is -2.43. The molecular formula is C20H25NO7S. The molecule has 0 aromatic heterocycles. The number of thioether (sulfide) groups is 1. The number of rotatable bonds is 7. The SMILES string of the molecule is C=NC1C(OC(C)=O)[C@@H](Sc2ccc(C)cc2)OC(COC(C)=O)[C@@H]1OC(C)=O. The maximum Gasteiger partial charge on any atom is 0.303 e. The molecule has 1 aliphatic rings. The van der Waals surface area contributed by atoms with Crippen LogP contribution in [0.5, 0.6) is 0 Å². The lowest BCUT2D eigenvalue weighted by Crippen LogP contribution is -2.59. The number of aliphatic imine (C=N–C) groups is 1. The van der Waals surface area contributed by atoms with Crippen molar-refractivity contribution < 1.29 is 33.3 Å². The van der Waals surface area contributed by atoms with Crippen molar-refractivity contribution in [1.82, 2.24) is 0 Å². The summed E-state index contributed by atoms with van der Waals surface area (Å²) in [6.45, 7) is 9.21. The van der Waals surface area contributed by atoms with Gasteiger partial charge in [-0.25, -0.2) is 0 Å². The predicted molar refractivity (Wildman–Crippen MR) is 107 cm³/mol. The summed E-state index contributed by atoms with van der Waals surface area (Å²) in [5.74, 6) is -1.59. The minimum absolute atomic E-state index is 0.142. The highest BCUT2D eigenvalue weighted by Gasteiger charge is 2.50. The molecule has 5 atom stereocenters. The first kappa shape index (κ1) is 22.9. The van der Waals surface area contributed by atoms with Crippen LogP contribution < -0.4 is 0 Å². The summed E-state index contributed by atoms with van der Waals surface area (Å²) in [4.78, 5) is 39.6. The molecular weight excluding hydrogens is 398 g/mol. The van der Waals surface area contributed by atoms with Crippen LogP contribution in [0, 0.1) is 6.92 Å². The zero-order valence-corrected chi connectivity index (χ0v) is 17.6. The Kier molecular flexibility index (Phi) is 8.21. The number of ether oxygens (including phenoxy) is 4. The van der Waals surface area contributed by atoms with Crippen molar-refractivity contribution in [1.29, 1.82) is 0 Å². The standard InChI is InChI=1S/C20H25NO7S/c1-11-6-8-15(9-7-11)29-20-19(27-14(4)24)17(21-5)18(26-13(3)23)16(28-20)10-25-12(2)22/h6-9,16-20H,5,10H2,1-4H3/t16?,17?,18-,19?,20+/m0/s1. The summed E-state index contributed by atoms with van der Waals surface area (Å²) in [5.41, 5.74) is 0.424. The molecule has 0 saturated carbocycles. The van der Waals surface area contributed by atoms with Gasteiger partial charge in [0.05, 0.1) is 0 Å². The molecule has 29 heavy (non-hydrogen) atoms. The Morgan fingerprint density at radius 1 is 1.03 bits per heavy atom. The maximum absolute atomic E-state index is 11.7. The van der Waals surface area contributed by atoms with Gasteiger partial charge in [-0.15, -0.1) is 0 Å². The molecule has 0 aliphatic carbocycles. The van der Waals surface area contributed by atoms with Crippen molar-refractivity contribution in [3.8, 4) is 0 Å². The summed E-state index contributed by atoms with van der Waals surface area (Å²) in [7, 11) is 0.